The van der Waals surface area contributed by atoms with Gasteiger partial charge in [-0.2, -0.15) is 0 Å². The van der Waals surface area contributed by atoms with Crippen LogP contribution in [0.3, 0.4) is 0 Å². The van der Waals surface area contributed by atoms with Crippen LogP contribution in [-0.4, -0.2) is 63.0 Å². The van der Waals surface area contributed by atoms with Gasteiger partial charge in [0.2, 0.25) is 0 Å². The van der Waals surface area contributed by atoms with Crippen molar-refractivity contribution < 1.29 is 0 Å². The van der Waals surface area contributed by atoms with Gasteiger partial charge in [-0.3, -0.25) is 15.0 Å². The van der Waals surface area contributed by atoms with E-state index in [2.05, 4.69) is 15.0 Å². The van der Waals surface area contributed by atoms with Gasteiger partial charge in [-0.05, 0) is 34.0 Å². The van der Waals surface area contributed by atoms with Gasteiger partial charge in [-0.1, -0.05) is 0 Å². The molecule has 0 saturated carbocycles. The van der Waals surface area contributed by atoms with Gasteiger partial charge in [0.1, 0.15) is 0 Å². The van der Waals surface area contributed by atoms with Gasteiger partial charge in [-0.15, -0.1) is 11.8 Å². The Morgan fingerprint density at radius 1 is 0.833 bits per heavy atom. The summed E-state index contributed by atoms with van der Waals surface area (Å²) < 4.78 is 0. The Morgan fingerprint density at radius 2 is 1.22 bits per heavy atom. The highest BCUT2D eigenvalue weighted by Crippen LogP contribution is 1.92. The van der Waals surface area contributed by atoms with Gasteiger partial charge in [0.05, 0.1) is 10.9 Å². The molecule has 0 bridgehead atoms. The van der Waals surface area contributed by atoms with Gasteiger partial charge in [0, 0.05) is 41.0 Å². The summed E-state index contributed by atoms with van der Waals surface area (Å²) in [5.41, 5.74) is 1.13. The molecule has 0 atom stereocenters. The van der Waals surface area contributed by atoms with Crippen molar-refractivity contribution in [1.82, 2.24) is 4.90 Å². The minimum atomic E-state index is 1.06. The first-order valence-electron chi connectivity index (χ1n) is 5.74. The van der Waals surface area contributed by atoms with E-state index >= 15 is 0 Å². The summed E-state index contributed by atoms with van der Waals surface area (Å²) >= 11 is 1.67. The molecule has 0 aromatic rings. The van der Waals surface area contributed by atoms with E-state index in [0.29, 0.717) is 0 Å². The zero-order valence-electron chi connectivity index (χ0n) is 13.7. The molecule has 0 aromatic heterocycles. The predicted molar refractivity (Wildman–Crippen MR) is 90.0 cm³/mol. The maximum atomic E-state index is 3.93. The van der Waals surface area contributed by atoms with Gasteiger partial charge < -0.3 is 4.90 Å². The average molecular weight is 274 g/mol. The second kappa shape index (κ2) is 16.2. The van der Waals surface area contributed by atoms with Crippen molar-refractivity contribution in [1.29, 1.82) is 0 Å². The van der Waals surface area contributed by atoms with Crippen molar-refractivity contribution in [2.75, 3.05) is 41.5 Å². The molecule has 0 amide bonds. The number of hydrogen-bond donors (Lipinski definition) is 0. The van der Waals surface area contributed by atoms with Crippen molar-refractivity contribution >= 4 is 28.4 Å². The summed E-state index contributed by atoms with van der Waals surface area (Å²) in [6.45, 7) is 7.91. The molecular weight excluding hydrogens is 244 g/mol. The Labute approximate surface area is 118 Å². The fourth-order valence-corrected chi connectivity index (χ4v) is 0.474. The molecule has 0 saturated heterocycles. The van der Waals surface area contributed by atoms with E-state index in [9.17, 15) is 0 Å². The van der Waals surface area contributed by atoms with E-state index < -0.39 is 0 Å². The second-order valence-corrected chi connectivity index (χ2v) is 4.78. The molecule has 0 rings (SSSR count). The van der Waals surface area contributed by atoms with Crippen molar-refractivity contribution in [2.24, 2.45) is 15.0 Å². The second-order valence-electron chi connectivity index (χ2n) is 3.78. The smallest absolute Gasteiger partial charge is 0.0948 e. The molecule has 4 nitrogen and oxygen atoms in total. The highest BCUT2D eigenvalue weighted by atomic mass is 32.2. The standard InChI is InChI=1S/C5H12N2.C4H9NS.C4H9N/c1-5(6-2)7(3)4;1-4(5-2)6-3;1-4(2)5-3/h1-4H3;1-3H3;1-3H3. The molecule has 0 unspecified atom stereocenters. The number of hydrogen-bond acceptors (Lipinski definition) is 4. The molecule has 0 spiro atoms. The normalized spacial score (nSPS) is 10.6. The minimum absolute atomic E-state index is 1.06. The first-order chi connectivity index (χ1) is 8.26. The maximum absolute atomic E-state index is 3.93. The van der Waals surface area contributed by atoms with Crippen LogP contribution in [-0.2, 0) is 0 Å². The molecule has 0 radical (unpaired) electrons. The SMILES string of the molecule is CN=C(C)C.CN=C(C)N(C)C.CN=C(C)SC. The lowest BCUT2D eigenvalue weighted by Gasteiger charge is -2.08. The molecule has 0 aliphatic heterocycles. The fourth-order valence-electron chi connectivity index (χ4n) is 0.291. The van der Waals surface area contributed by atoms with Gasteiger partial charge in [-0.25, -0.2) is 0 Å². The third-order valence-electron chi connectivity index (χ3n) is 2.03. The molecule has 0 N–H and O–H groups in total. The Bertz CT molecular complexity index is 264. The average Bonchev–Trinajstić information content (AvgIpc) is 2.37. The van der Waals surface area contributed by atoms with E-state index in [1.165, 1.54) is 0 Å². The Hall–Kier alpha value is -0.840. The van der Waals surface area contributed by atoms with Gasteiger partial charge in [0.25, 0.3) is 0 Å². The van der Waals surface area contributed by atoms with Gasteiger partial charge >= 0.3 is 0 Å². The van der Waals surface area contributed by atoms with Crippen LogP contribution in [0.15, 0.2) is 15.0 Å². The van der Waals surface area contributed by atoms with Crippen LogP contribution in [0, 0.1) is 0 Å². The van der Waals surface area contributed by atoms with Crippen LogP contribution >= 0.6 is 11.8 Å². The molecule has 18 heavy (non-hydrogen) atoms. The minimum Gasteiger partial charge on any atom is -0.367 e. The summed E-state index contributed by atoms with van der Waals surface area (Å²) in [6, 6.07) is 0. The summed E-state index contributed by atoms with van der Waals surface area (Å²) in [5, 5.41) is 1.13. The van der Waals surface area contributed by atoms with Crippen LogP contribution in [0.2, 0.25) is 0 Å². The molecule has 0 aromatic carbocycles. The molecule has 0 fully saturated rings. The van der Waals surface area contributed by atoms with E-state index in [-0.39, 0.29) is 0 Å². The number of aliphatic imine (C=N–C) groups is 3. The Morgan fingerprint density at radius 3 is 1.22 bits per heavy atom. The summed E-state index contributed by atoms with van der Waals surface area (Å²) in [7, 11) is 9.32. The molecule has 0 aliphatic rings. The Balaban J connectivity index is -0.000000190. The van der Waals surface area contributed by atoms with Crippen LogP contribution in [0.25, 0.3) is 0 Å². The van der Waals surface area contributed by atoms with E-state index in [4.69, 9.17) is 0 Å². The fraction of sp³-hybridized carbons (Fsp3) is 0.769. The predicted octanol–water partition coefficient (Wildman–Crippen LogP) is 3.09. The topological polar surface area (TPSA) is 40.3 Å². The van der Waals surface area contributed by atoms with Gasteiger partial charge in [0.15, 0.2) is 0 Å². The summed E-state index contributed by atoms with van der Waals surface area (Å²) in [6.07, 6.45) is 2.02. The summed E-state index contributed by atoms with van der Waals surface area (Å²) in [4.78, 5) is 13.6. The highest BCUT2D eigenvalue weighted by molar-refractivity contribution is 8.13. The van der Waals surface area contributed by atoms with Crippen LogP contribution in [0.1, 0.15) is 27.7 Å². The molecule has 108 valence electrons. The number of thioether (sulfide) groups is 1. The molecular formula is C13H30N4S. The maximum Gasteiger partial charge on any atom is 0.0948 e. The van der Waals surface area contributed by atoms with E-state index in [1.807, 2.05) is 52.9 Å². The quantitative estimate of drug-likeness (QED) is 0.503. The van der Waals surface area contributed by atoms with E-state index in [0.717, 1.165) is 16.6 Å². The molecule has 0 aliphatic carbocycles. The van der Waals surface area contributed by atoms with Crippen molar-refractivity contribution in [3.05, 3.63) is 0 Å². The number of nitrogens with zero attached hydrogens (tertiary/aromatic N) is 4. The van der Waals surface area contributed by atoms with E-state index in [1.54, 1.807) is 32.9 Å². The van der Waals surface area contributed by atoms with Crippen molar-refractivity contribution in [3.8, 4) is 0 Å². The zero-order chi connectivity index (χ0) is 15.1. The molecule has 0 heterocycles. The highest BCUT2D eigenvalue weighted by Gasteiger charge is 1.85. The third-order valence-corrected chi connectivity index (χ3v) is 2.80. The largest absolute Gasteiger partial charge is 0.367 e. The number of rotatable bonds is 0. The van der Waals surface area contributed by atoms with Crippen LogP contribution in [0.4, 0.5) is 0 Å². The zero-order valence-corrected chi connectivity index (χ0v) is 14.5. The lowest BCUT2D eigenvalue weighted by atomic mass is 10.5. The first-order valence-corrected chi connectivity index (χ1v) is 6.97. The van der Waals surface area contributed by atoms with Crippen LogP contribution in [0.5, 0.6) is 0 Å². The third kappa shape index (κ3) is 24.4. The van der Waals surface area contributed by atoms with Crippen molar-refractivity contribution in [2.45, 2.75) is 27.7 Å². The summed E-state index contributed by atoms with van der Waals surface area (Å²) in [5.74, 6) is 1.06. The van der Waals surface area contributed by atoms with Crippen LogP contribution < -0.4 is 0 Å². The van der Waals surface area contributed by atoms with Crippen molar-refractivity contribution in [3.63, 3.8) is 0 Å². The number of amidine groups is 1. The lowest BCUT2D eigenvalue weighted by Crippen LogP contribution is -2.17. The molecule has 5 heteroatoms. The Kier molecular flexibility index (Phi) is 20.1. The first kappa shape index (κ1) is 22.3. The monoisotopic (exact) mass is 274 g/mol. The lowest BCUT2D eigenvalue weighted by molar-refractivity contribution is 0.617.